The Bertz CT molecular complexity index is 893. The number of aliphatic hydroxyl groups excluding tert-OH is 2. The zero-order valence-electron chi connectivity index (χ0n) is 40.5. The van der Waals surface area contributed by atoms with Crippen LogP contribution in [0.5, 0.6) is 0 Å². The van der Waals surface area contributed by atoms with Crippen LogP contribution in [0.2, 0.25) is 0 Å². The Kier molecular flexibility index (Phi) is 49.1. The first-order chi connectivity index (χ1) is 29.5. The molecule has 0 aliphatic rings. The fourth-order valence-electron chi connectivity index (χ4n) is 8.40. The summed E-state index contributed by atoms with van der Waals surface area (Å²) in [5.74, 6) is -0.0574. The Labute approximate surface area is 374 Å². The number of amides is 1. The van der Waals surface area contributed by atoms with E-state index >= 15 is 0 Å². The molecule has 0 radical (unpaired) electrons. The molecule has 0 saturated heterocycles. The van der Waals surface area contributed by atoms with E-state index < -0.39 is 12.1 Å². The minimum absolute atomic E-state index is 0.00900. The van der Waals surface area contributed by atoms with Gasteiger partial charge in [-0.05, 0) is 51.4 Å². The summed E-state index contributed by atoms with van der Waals surface area (Å²) in [4.78, 5) is 24.4. The normalized spacial score (nSPS) is 12.7. The first-order valence-electron chi connectivity index (χ1n) is 26.9. The van der Waals surface area contributed by atoms with Crippen molar-refractivity contribution < 1.29 is 24.5 Å². The first-order valence-corrected chi connectivity index (χ1v) is 26.9. The van der Waals surface area contributed by atoms with Gasteiger partial charge in [-0.1, -0.05) is 244 Å². The van der Waals surface area contributed by atoms with Crippen molar-refractivity contribution in [1.29, 1.82) is 0 Å². The van der Waals surface area contributed by atoms with E-state index in [0.717, 1.165) is 70.6 Å². The Morgan fingerprint density at radius 3 is 1.18 bits per heavy atom. The van der Waals surface area contributed by atoms with Crippen LogP contribution in [0.25, 0.3) is 0 Å². The Balaban J connectivity index is 3.47. The largest absolute Gasteiger partial charge is 0.466 e. The predicted molar refractivity (Wildman–Crippen MR) is 260 cm³/mol. The molecule has 0 saturated carbocycles. The van der Waals surface area contributed by atoms with Crippen molar-refractivity contribution in [2.45, 2.75) is 309 Å². The summed E-state index contributed by atoms with van der Waals surface area (Å²) in [6.07, 6.45) is 57.5. The van der Waals surface area contributed by atoms with Gasteiger partial charge >= 0.3 is 5.97 Å². The molecule has 356 valence electrons. The maximum atomic E-state index is 12.5. The number of carbonyl (C=O) groups is 2. The van der Waals surface area contributed by atoms with Crippen molar-refractivity contribution in [1.82, 2.24) is 5.32 Å². The summed E-state index contributed by atoms with van der Waals surface area (Å²) in [7, 11) is 0. The van der Waals surface area contributed by atoms with Crippen molar-refractivity contribution >= 4 is 11.9 Å². The average Bonchev–Trinajstić information content (AvgIpc) is 3.25. The van der Waals surface area contributed by atoms with Gasteiger partial charge in [0.1, 0.15) is 0 Å². The van der Waals surface area contributed by atoms with Gasteiger partial charge in [-0.3, -0.25) is 9.59 Å². The second-order valence-electron chi connectivity index (χ2n) is 18.6. The lowest BCUT2D eigenvalue weighted by Crippen LogP contribution is -2.45. The number of nitrogens with one attached hydrogen (secondary N) is 1. The highest BCUT2D eigenvalue weighted by Crippen LogP contribution is 2.17. The lowest BCUT2D eigenvalue weighted by molar-refractivity contribution is -0.143. The van der Waals surface area contributed by atoms with Crippen molar-refractivity contribution in [3.63, 3.8) is 0 Å². The van der Waals surface area contributed by atoms with Crippen molar-refractivity contribution in [3.8, 4) is 0 Å². The first kappa shape index (κ1) is 58.6. The Hall–Kier alpha value is -1.40. The number of hydrogen-bond donors (Lipinski definition) is 3. The third kappa shape index (κ3) is 46.1. The highest BCUT2D eigenvalue weighted by molar-refractivity contribution is 5.76. The van der Waals surface area contributed by atoms with Crippen LogP contribution >= 0.6 is 0 Å². The summed E-state index contributed by atoms with van der Waals surface area (Å²) in [5.41, 5.74) is 0. The van der Waals surface area contributed by atoms with Crippen LogP contribution in [0, 0.1) is 0 Å². The van der Waals surface area contributed by atoms with Crippen LogP contribution < -0.4 is 5.32 Å². The smallest absolute Gasteiger partial charge is 0.305 e. The molecule has 2 unspecified atom stereocenters. The van der Waals surface area contributed by atoms with E-state index in [1.165, 1.54) is 193 Å². The Morgan fingerprint density at radius 1 is 0.450 bits per heavy atom. The molecule has 0 rings (SSSR count). The molecular formula is C54H105NO5. The number of ether oxygens (including phenoxy) is 1. The SMILES string of the molecule is CCCCCCCCCCCCCCCCCCC(O)C(CO)NC(=O)CCCCCCCCC/C=C\CCCCCCOC(=O)CCCCCCCCCCCCCC. The van der Waals surface area contributed by atoms with Gasteiger partial charge in [0.15, 0.2) is 0 Å². The van der Waals surface area contributed by atoms with Gasteiger partial charge in [0.2, 0.25) is 5.91 Å². The predicted octanol–water partition coefficient (Wildman–Crippen LogP) is 16.1. The number of carbonyl (C=O) groups excluding carboxylic acids is 2. The van der Waals surface area contributed by atoms with E-state index in [1.807, 2.05) is 0 Å². The van der Waals surface area contributed by atoms with Crippen LogP contribution in [0.15, 0.2) is 12.2 Å². The van der Waals surface area contributed by atoms with Gasteiger partial charge in [0.05, 0.1) is 25.4 Å². The number of hydrogen-bond acceptors (Lipinski definition) is 5. The van der Waals surface area contributed by atoms with Crippen molar-refractivity contribution in [3.05, 3.63) is 12.2 Å². The number of unbranched alkanes of at least 4 members (excludes halogenated alkanes) is 37. The van der Waals surface area contributed by atoms with Gasteiger partial charge in [-0.25, -0.2) is 0 Å². The van der Waals surface area contributed by atoms with Gasteiger partial charge < -0.3 is 20.3 Å². The number of rotatable bonds is 50. The fraction of sp³-hybridized carbons (Fsp3) is 0.926. The highest BCUT2D eigenvalue weighted by Gasteiger charge is 2.20. The molecule has 0 aromatic rings. The standard InChI is InChI=1S/C54H105NO5/c1-3-5-7-9-11-13-15-17-18-20-23-26-30-34-38-42-46-52(57)51(50-56)55-53(58)47-43-39-35-31-27-24-21-19-22-25-29-33-37-41-45-49-60-54(59)48-44-40-36-32-28-16-14-12-10-8-6-4-2/h22,25,51-52,56-57H,3-21,23-24,26-50H2,1-2H3,(H,55,58)/b25-22-. The molecule has 0 heterocycles. The van der Waals surface area contributed by atoms with Gasteiger partial charge in [-0.15, -0.1) is 0 Å². The zero-order valence-corrected chi connectivity index (χ0v) is 40.5. The van der Waals surface area contributed by atoms with Gasteiger partial charge in [-0.2, -0.15) is 0 Å². The summed E-state index contributed by atoms with van der Waals surface area (Å²) < 4.78 is 5.45. The Morgan fingerprint density at radius 2 is 0.783 bits per heavy atom. The van der Waals surface area contributed by atoms with Crippen LogP contribution in [0.4, 0.5) is 0 Å². The molecule has 1 amide bonds. The topological polar surface area (TPSA) is 95.9 Å². The molecule has 0 spiro atoms. The molecule has 0 aliphatic heterocycles. The molecule has 0 aromatic carbocycles. The van der Waals surface area contributed by atoms with Gasteiger partial charge in [0, 0.05) is 12.8 Å². The molecule has 0 aromatic heterocycles. The van der Waals surface area contributed by atoms with E-state index in [2.05, 4.69) is 31.3 Å². The molecule has 3 N–H and O–H groups in total. The third-order valence-electron chi connectivity index (χ3n) is 12.6. The molecule has 6 nitrogen and oxygen atoms in total. The van der Waals surface area contributed by atoms with E-state index in [9.17, 15) is 19.8 Å². The molecular weight excluding hydrogens is 743 g/mol. The maximum Gasteiger partial charge on any atom is 0.305 e. The van der Waals surface area contributed by atoms with E-state index in [-0.39, 0.29) is 18.5 Å². The minimum atomic E-state index is -0.673. The summed E-state index contributed by atoms with van der Waals surface area (Å²) >= 11 is 0. The molecule has 6 heteroatoms. The lowest BCUT2D eigenvalue weighted by atomic mass is 10.0. The number of allylic oxidation sites excluding steroid dienone is 2. The van der Waals surface area contributed by atoms with E-state index in [1.54, 1.807) is 0 Å². The molecule has 60 heavy (non-hydrogen) atoms. The third-order valence-corrected chi connectivity index (χ3v) is 12.6. The van der Waals surface area contributed by atoms with Gasteiger partial charge in [0.25, 0.3) is 0 Å². The van der Waals surface area contributed by atoms with E-state index in [0.29, 0.717) is 25.9 Å². The van der Waals surface area contributed by atoms with E-state index in [4.69, 9.17) is 4.74 Å². The quantitative estimate of drug-likeness (QED) is 0.0322. The summed E-state index contributed by atoms with van der Waals surface area (Å²) in [5, 5.41) is 23.2. The average molecular weight is 848 g/mol. The minimum Gasteiger partial charge on any atom is -0.466 e. The monoisotopic (exact) mass is 848 g/mol. The second-order valence-corrected chi connectivity index (χ2v) is 18.6. The second kappa shape index (κ2) is 50.2. The molecule has 0 bridgehead atoms. The molecule has 0 aliphatic carbocycles. The van der Waals surface area contributed by atoms with Crippen LogP contribution in [-0.2, 0) is 14.3 Å². The van der Waals surface area contributed by atoms with Crippen molar-refractivity contribution in [2.75, 3.05) is 13.2 Å². The maximum absolute atomic E-state index is 12.5. The summed E-state index contributed by atoms with van der Waals surface area (Å²) in [6.45, 7) is 4.93. The van der Waals surface area contributed by atoms with Crippen molar-refractivity contribution in [2.24, 2.45) is 0 Å². The number of aliphatic hydroxyl groups is 2. The van der Waals surface area contributed by atoms with Crippen LogP contribution in [0.3, 0.4) is 0 Å². The van der Waals surface area contributed by atoms with Crippen LogP contribution in [-0.4, -0.2) is 47.4 Å². The fourth-order valence-corrected chi connectivity index (χ4v) is 8.40. The number of esters is 1. The molecule has 2 atom stereocenters. The van der Waals surface area contributed by atoms with Crippen LogP contribution in [0.1, 0.15) is 296 Å². The summed E-state index contributed by atoms with van der Waals surface area (Å²) in [6, 6.07) is -0.551. The lowest BCUT2D eigenvalue weighted by Gasteiger charge is -2.22. The highest BCUT2D eigenvalue weighted by atomic mass is 16.5. The zero-order chi connectivity index (χ0) is 43.7. The molecule has 0 fully saturated rings.